The first-order valence-corrected chi connectivity index (χ1v) is 11.5. The molecule has 5 rings (SSSR count). The van der Waals surface area contributed by atoms with Crippen molar-refractivity contribution < 1.29 is 9.18 Å². The second kappa shape index (κ2) is 8.41. The van der Waals surface area contributed by atoms with Gasteiger partial charge in [-0.3, -0.25) is 9.78 Å². The lowest BCUT2D eigenvalue weighted by Gasteiger charge is -2.30. The molecule has 0 unspecified atom stereocenters. The number of aromatic nitrogens is 1. The molecule has 2 heterocycles. The summed E-state index contributed by atoms with van der Waals surface area (Å²) in [6.07, 6.45) is 6.76. The fourth-order valence-electron chi connectivity index (χ4n) is 5.22. The first-order chi connectivity index (χ1) is 15.5. The summed E-state index contributed by atoms with van der Waals surface area (Å²) in [7, 11) is 3.83. The Labute approximate surface area is 188 Å². The number of pyridine rings is 1. The van der Waals surface area contributed by atoms with Gasteiger partial charge in [-0.05, 0) is 55.4 Å². The lowest BCUT2D eigenvalue weighted by atomic mass is 10.0. The number of carbonyl (C=O) groups excluding carboxylic acids is 1. The third kappa shape index (κ3) is 3.57. The highest BCUT2D eigenvalue weighted by molar-refractivity contribution is 6.09. The summed E-state index contributed by atoms with van der Waals surface area (Å²) in [6, 6.07) is 11.5. The van der Waals surface area contributed by atoms with Gasteiger partial charge in [0.2, 0.25) is 0 Å². The topological polar surface area (TPSA) is 48.5 Å². The number of aryl methyl sites for hydroxylation is 1. The van der Waals surface area contributed by atoms with Gasteiger partial charge in [-0.2, -0.15) is 0 Å². The molecule has 1 fully saturated rings. The maximum Gasteiger partial charge on any atom is 0.255 e. The summed E-state index contributed by atoms with van der Waals surface area (Å²) in [4.78, 5) is 22.0. The van der Waals surface area contributed by atoms with E-state index < -0.39 is 0 Å². The van der Waals surface area contributed by atoms with Crippen LogP contribution in [0.3, 0.4) is 0 Å². The van der Waals surface area contributed by atoms with Gasteiger partial charge in [-0.15, -0.1) is 0 Å². The molecule has 32 heavy (non-hydrogen) atoms. The highest BCUT2D eigenvalue weighted by Crippen LogP contribution is 2.37. The van der Waals surface area contributed by atoms with Crippen LogP contribution in [0.2, 0.25) is 0 Å². The summed E-state index contributed by atoms with van der Waals surface area (Å²) < 4.78 is 14.9. The Bertz CT molecular complexity index is 1170. The average molecular weight is 433 g/mol. The molecule has 1 aliphatic heterocycles. The van der Waals surface area contributed by atoms with Gasteiger partial charge in [0, 0.05) is 38.8 Å². The van der Waals surface area contributed by atoms with Crippen molar-refractivity contribution in [2.45, 2.75) is 38.1 Å². The fourth-order valence-corrected chi connectivity index (χ4v) is 5.22. The van der Waals surface area contributed by atoms with Crippen molar-refractivity contribution in [3.05, 3.63) is 65.1 Å². The summed E-state index contributed by atoms with van der Waals surface area (Å²) in [5, 5.41) is 4.01. The quantitative estimate of drug-likeness (QED) is 0.640. The minimum absolute atomic E-state index is 0.00142. The Morgan fingerprint density at radius 2 is 1.91 bits per heavy atom. The van der Waals surface area contributed by atoms with Crippen molar-refractivity contribution in [3.63, 3.8) is 0 Å². The van der Waals surface area contributed by atoms with Crippen molar-refractivity contribution in [1.82, 2.24) is 10.3 Å². The van der Waals surface area contributed by atoms with Crippen molar-refractivity contribution >= 4 is 28.2 Å². The van der Waals surface area contributed by atoms with Crippen LogP contribution >= 0.6 is 0 Å². The van der Waals surface area contributed by atoms with E-state index in [1.807, 2.05) is 31.1 Å². The average Bonchev–Trinajstić information content (AvgIpc) is 3.21. The monoisotopic (exact) mass is 432 g/mol. The minimum Gasteiger partial charge on any atom is -0.376 e. The molecule has 0 spiro atoms. The molecule has 1 atom stereocenters. The predicted octanol–water partition coefficient (Wildman–Crippen LogP) is 4.85. The van der Waals surface area contributed by atoms with Gasteiger partial charge in [0.25, 0.3) is 5.91 Å². The van der Waals surface area contributed by atoms with Gasteiger partial charge >= 0.3 is 0 Å². The Kier molecular flexibility index (Phi) is 5.45. The molecular weight excluding hydrogens is 403 g/mol. The van der Waals surface area contributed by atoms with Crippen LogP contribution in [-0.2, 0) is 6.42 Å². The number of halogens is 1. The molecule has 0 bridgehead atoms. The standard InChI is InChI=1S/C26H29FN4O/c1-30(2)24-19-11-12-21(27)25(31-14-6-3-7-15-31)23(19)28-16-20(24)26(32)29-22-13-10-17-8-4-5-9-18(17)22/h4-5,8-9,11-12,16,22H,3,6-7,10,13-15H2,1-2H3,(H,29,32)/t22-/m0/s1. The second-order valence-electron chi connectivity index (χ2n) is 9.02. The maximum absolute atomic E-state index is 14.9. The van der Waals surface area contributed by atoms with E-state index in [0.29, 0.717) is 16.8 Å². The van der Waals surface area contributed by atoms with E-state index in [2.05, 4.69) is 27.3 Å². The van der Waals surface area contributed by atoms with Crippen LogP contribution in [0.1, 0.15) is 53.2 Å². The van der Waals surface area contributed by atoms with Crippen molar-refractivity contribution in [1.29, 1.82) is 0 Å². The van der Waals surface area contributed by atoms with E-state index >= 15 is 0 Å². The highest BCUT2D eigenvalue weighted by atomic mass is 19.1. The number of nitrogens with one attached hydrogen (secondary N) is 1. The Balaban J connectivity index is 1.55. The molecule has 0 saturated carbocycles. The number of anilines is 2. The van der Waals surface area contributed by atoms with Crippen LogP contribution in [-0.4, -0.2) is 38.1 Å². The third-order valence-electron chi connectivity index (χ3n) is 6.74. The van der Waals surface area contributed by atoms with E-state index in [1.54, 1.807) is 12.3 Å². The number of piperidine rings is 1. The van der Waals surface area contributed by atoms with Gasteiger partial charge in [0.15, 0.2) is 0 Å². The van der Waals surface area contributed by atoms with Gasteiger partial charge in [-0.25, -0.2) is 4.39 Å². The van der Waals surface area contributed by atoms with E-state index in [9.17, 15) is 9.18 Å². The Morgan fingerprint density at radius 3 is 2.69 bits per heavy atom. The lowest BCUT2D eigenvalue weighted by molar-refractivity contribution is 0.0937. The van der Waals surface area contributed by atoms with Crippen molar-refractivity contribution in [2.24, 2.45) is 0 Å². The molecular formula is C26H29FN4O. The van der Waals surface area contributed by atoms with Gasteiger partial charge < -0.3 is 15.1 Å². The van der Waals surface area contributed by atoms with Crippen LogP contribution in [0.15, 0.2) is 42.6 Å². The van der Waals surface area contributed by atoms with Crippen LogP contribution < -0.4 is 15.1 Å². The smallest absolute Gasteiger partial charge is 0.255 e. The highest BCUT2D eigenvalue weighted by Gasteiger charge is 2.27. The number of hydrogen-bond acceptors (Lipinski definition) is 4. The van der Waals surface area contributed by atoms with E-state index in [1.165, 1.54) is 23.6 Å². The number of hydrogen-bond donors (Lipinski definition) is 1. The molecule has 1 aromatic heterocycles. The predicted molar refractivity (Wildman–Crippen MR) is 127 cm³/mol. The Hall–Kier alpha value is -3.15. The van der Waals surface area contributed by atoms with Crippen LogP contribution in [0, 0.1) is 5.82 Å². The zero-order chi connectivity index (χ0) is 22.2. The molecule has 3 aromatic rings. The summed E-state index contributed by atoms with van der Waals surface area (Å²) >= 11 is 0. The number of fused-ring (bicyclic) bond motifs is 2. The van der Waals surface area contributed by atoms with Crippen molar-refractivity contribution in [2.75, 3.05) is 37.0 Å². The number of benzene rings is 2. The first-order valence-electron chi connectivity index (χ1n) is 11.5. The summed E-state index contributed by atoms with van der Waals surface area (Å²) in [6.45, 7) is 1.66. The zero-order valence-corrected chi connectivity index (χ0v) is 18.7. The van der Waals surface area contributed by atoms with Gasteiger partial charge in [0.05, 0.1) is 28.5 Å². The first kappa shape index (κ1) is 20.7. The minimum atomic E-state index is -0.253. The lowest BCUT2D eigenvalue weighted by Crippen LogP contribution is -2.31. The molecule has 0 radical (unpaired) electrons. The van der Waals surface area contributed by atoms with E-state index in [4.69, 9.17) is 0 Å². The molecule has 1 aliphatic carbocycles. The normalized spacial score (nSPS) is 18.0. The van der Waals surface area contributed by atoms with Gasteiger partial charge in [0.1, 0.15) is 5.82 Å². The largest absolute Gasteiger partial charge is 0.376 e. The fraction of sp³-hybridized carbons (Fsp3) is 0.385. The van der Waals surface area contributed by atoms with E-state index in [0.717, 1.165) is 49.8 Å². The van der Waals surface area contributed by atoms with Crippen LogP contribution in [0.25, 0.3) is 10.9 Å². The summed E-state index contributed by atoms with van der Waals surface area (Å²) in [5.74, 6) is -0.398. The molecule has 166 valence electrons. The molecule has 2 aliphatic rings. The Morgan fingerprint density at radius 1 is 1.12 bits per heavy atom. The second-order valence-corrected chi connectivity index (χ2v) is 9.02. The van der Waals surface area contributed by atoms with Crippen LogP contribution in [0.4, 0.5) is 15.8 Å². The molecule has 5 nitrogen and oxygen atoms in total. The van der Waals surface area contributed by atoms with E-state index in [-0.39, 0.29) is 17.8 Å². The number of nitrogens with zero attached hydrogens (tertiary/aromatic N) is 3. The number of amides is 1. The number of carbonyl (C=O) groups is 1. The van der Waals surface area contributed by atoms with Crippen LogP contribution in [0.5, 0.6) is 0 Å². The summed E-state index contributed by atoms with van der Waals surface area (Å²) in [5.41, 5.74) is 4.96. The SMILES string of the molecule is CN(C)c1c(C(=O)N[C@H]2CCc3ccccc32)cnc2c(N3CCCCC3)c(F)ccc12. The van der Waals surface area contributed by atoms with Gasteiger partial charge in [-0.1, -0.05) is 24.3 Å². The van der Waals surface area contributed by atoms with Crippen molar-refractivity contribution in [3.8, 4) is 0 Å². The molecule has 1 saturated heterocycles. The molecule has 2 aromatic carbocycles. The molecule has 6 heteroatoms. The molecule has 1 N–H and O–H groups in total. The third-order valence-corrected chi connectivity index (χ3v) is 6.74. The maximum atomic E-state index is 14.9. The zero-order valence-electron chi connectivity index (χ0n) is 18.7. The molecule has 1 amide bonds. The number of rotatable bonds is 4.